The van der Waals surface area contributed by atoms with Gasteiger partial charge in [-0.05, 0) is 19.1 Å². The molecular formula is C10H12BrNO. The second-order valence-electron chi connectivity index (χ2n) is 3.31. The first-order valence-corrected chi connectivity index (χ1v) is 5.21. The molecule has 0 fully saturated rings. The van der Waals surface area contributed by atoms with Gasteiger partial charge >= 0.3 is 0 Å². The fourth-order valence-electron chi connectivity index (χ4n) is 1.45. The summed E-state index contributed by atoms with van der Waals surface area (Å²) >= 11 is 3.44. The Hall–Kier alpha value is -0.540. The van der Waals surface area contributed by atoms with Crippen LogP contribution in [0.2, 0.25) is 0 Å². The lowest BCUT2D eigenvalue weighted by molar-refractivity contribution is 0.226. The van der Waals surface area contributed by atoms with E-state index in [0.717, 1.165) is 23.3 Å². The number of ether oxygens (including phenoxy) is 1. The maximum atomic E-state index is 5.75. The van der Waals surface area contributed by atoms with Crippen LogP contribution < -0.4 is 10.1 Å². The van der Waals surface area contributed by atoms with E-state index in [1.165, 1.54) is 5.56 Å². The fourth-order valence-corrected chi connectivity index (χ4v) is 1.79. The van der Waals surface area contributed by atoms with Gasteiger partial charge in [0.05, 0.1) is 0 Å². The molecule has 1 aliphatic heterocycles. The van der Waals surface area contributed by atoms with Crippen molar-refractivity contribution in [2.24, 2.45) is 0 Å². The monoisotopic (exact) mass is 241 g/mol. The van der Waals surface area contributed by atoms with Gasteiger partial charge in [0, 0.05) is 23.1 Å². The highest BCUT2D eigenvalue weighted by Crippen LogP contribution is 2.25. The molecule has 1 aromatic carbocycles. The van der Waals surface area contributed by atoms with Crippen molar-refractivity contribution in [1.29, 1.82) is 0 Å². The van der Waals surface area contributed by atoms with Gasteiger partial charge in [0.2, 0.25) is 0 Å². The van der Waals surface area contributed by atoms with Gasteiger partial charge < -0.3 is 10.1 Å². The number of hydrogen-bond acceptors (Lipinski definition) is 2. The highest BCUT2D eigenvalue weighted by molar-refractivity contribution is 9.10. The van der Waals surface area contributed by atoms with Crippen LogP contribution in [0.4, 0.5) is 0 Å². The van der Waals surface area contributed by atoms with Gasteiger partial charge in [-0.25, -0.2) is 0 Å². The van der Waals surface area contributed by atoms with Crippen LogP contribution in [0.3, 0.4) is 0 Å². The third-order valence-electron chi connectivity index (χ3n) is 2.10. The summed E-state index contributed by atoms with van der Waals surface area (Å²) in [7, 11) is 0. The van der Waals surface area contributed by atoms with Crippen LogP contribution in [-0.2, 0) is 6.54 Å². The van der Waals surface area contributed by atoms with Crippen LogP contribution in [-0.4, -0.2) is 12.6 Å². The number of fused-ring (bicyclic) bond motifs is 1. The number of hydrogen-bond donors (Lipinski definition) is 1. The summed E-state index contributed by atoms with van der Waals surface area (Å²) < 4.78 is 6.81. The van der Waals surface area contributed by atoms with E-state index in [-0.39, 0.29) is 6.10 Å². The molecule has 0 amide bonds. The van der Waals surface area contributed by atoms with E-state index in [2.05, 4.69) is 34.2 Å². The van der Waals surface area contributed by atoms with E-state index < -0.39 is 0 Å². The van der Waals surface area contributed by atoms with Gasteiger partial charge in [0.25, 0.3) is 0 Å². The Kier molecular flexibility index (Phi) is 2.56. The summed E-state index contributed by atoms with van der Waals surface area (Å²) in [5.74, 6) is 0.992. The average Bonchev–Trinajstić information content (AvgIpc) is 2.25. The molecule has 2 nitrogen and oxygen atoms in total. The molecule has 13 heavy (non-hydrogen) atoms. The molecule has 1 atom stereocenters. The van der Waals surface area contributed by atoms with Gasteiger partial charge in [-0.3, -0.25) is 0 Å². The molecule has 0 saturated heterocycles. The van der Waals surface area contributed by atoms with Crippen molar-refractivity contribution < 1.29 is 4.74 Å². The summed E-state index contributed by atoms with van der Waals surface area (Å²) in [5.41, 5.74) is 1.23. The molecule has 0 aliphatic carbocycles. The van der Waals surface area contributed by atoms with Crippen molar-refractivity contribution in [3.63, 3.8) is 0 Å². The highest BCUT2D eigenvalue weighted by atomic mass is 79.9. The lowest BCUT2D eigenvalue weighted by atomic mass is 10.2. The number of halogens is 1. The number of benzene rings is 1. The molecule has 0 unspecified atom stereocenters. The van der Waals surface area contributed by atoms with Crippen LogP contribution in [0.15, 0.2) is 22.7 Å². The maximum absolute atomic E-state index is 5.75. The molecule has 70 valence electrons. The van der Waals surface area contributed by atoms with Crippen molar-refractivity contribution >= 4 is 15.9 Å². The predicted octanol–water partition coefficient (Wildman–Crippen LogP) is 2.32. The summed E-state index contributed by atoms with van der Waals surface area (Å²) in [6.45, 7) is 3.88. The van der Waals surface area contributed by atoms with Crippen LogP contribution in [0.5, 0.6) is 5.75 Å². The molecule has 0 aromatic heterocycles. The topological polar surface area (TPSA) is 21.3 Å². The van der Waals surface area contributed by atoms with E-state index in [1.807, 2.05) is 12.1 Å². The minimum Gasteiger partial charge on any atom is -0.489 e. The van der Waals surface area contributed by atoms with E-state index >= 15 is 0 Å². The standard InChI is InChI=1S/C10H12BrNO/c1-7-5-12-6-8-2-3-9(11)4-10(8)13-7/h2-4,7,12H,5-6H2,1H3/t7-/m0/s1. The SMILES string of the molecule is C[C@H]1CNCc2ccc(Br)cc2O1. The first-order chi connectivity index (χ1) is 6.25. The van der Waals surface area contributed by atoms with Crippen LogP contribution in [0, 0.1) is 0 Å². The smallest absolute Gasteiger partial charge is 0.125 e. The second kappa shape index (κ2) is 3.68. The molecule has 2 rings (SSSR count). The minimum atomic E-state index is 0.246. The van der Waals surface area contributed by atoms with Gasteiger partial charge in [-0.2, -0.15) is 0 Å². The van der Waals surface area contributed by atoms with Crippen molar-refractivity contribution in [3.05, 3.63) is 28.2 Å². The fraction of sp³-hybridized carbons (Fsp3) is 0.400. The quantitative estimate of drug-likeness (QED) is 0.753. The summed E-state index contributed by atoms with van der Waals surface area (Å²) in [4.78, 5) is 0. The molecule has 1 N–H and O–H groups in total. The third kappa shape index (κ3) is 2.03. The maximum Gasteiger partial charge on any atom is 0.125 e. The Morgan fingerprint density at radius 2 is 2.38 bits per heavy atom. The Morgan fingerprint density at radius 3 is 3.23 bits per heavy atom. The summed E-state index contributed by atoms with van der Waals surface area (Å²) in [6, 6.07) is 6.16. The lowest BCUT2D eigenvalue weighted by Crippen LogP contribution is -2.24. The minimum absolute atomic E-state index is 0.246. The first kappa shape index (κ1) is 9.03. The third-order valence-corrected chi connectivity index (χ3v) is 2.60. The molecular weight excluding hydrogens is 230 g/mol. The van der Waals surface area contributed by atoms with Gasteiger partial charge in [-0.1, -0.05) is 22.0 Å². The van der Waals surface area contributed by atoms with Crippen LogP contribution >= 0.6 is 15.9 Å². The zero-order chi connectivity index (χ0) is 9.26. The highest BCUT2D eigenvalue weighted by Gasteiger charge is 2.12. The zero-order valence-electron chi connectivity index (χ0n) is 7.51. The van der Waals surface area contributed by atoms with Crippen molar-refractivity contribution in [2.75, 3.05) is 6.54 Å². The van der Waals surface area contributed by atoms with E-state index in [0.29, 0.717) is 0 Å². The normalized spacial score (nSPS) is 21.5. The van der Waals surface area contributed by atoms with Gasteiger partial charge in [0.15, 0.2) is 0 Å². The lowest BCUT2D eigenvalue weighted by Gasteiger charge is -2.11. The Labute approximate surface area is 86.4 Å². The first-order valence-electron chi connectivity index (χ1n) is 4.41. The molecule has 1 heterocycles. The Balaban J connectivity index is 2.35. The van der Waals surface area contributed by atoms with Crippen molar-refractivity contribution in [2.45, 2.75) is 19.6 Å². The summed E-state index contributed by atoms with van der Waals surface area (Å²) in [5, 5.41) is 3.33. The molecule has 0 radical (unpaired) electrons. The van der Waals surface area contributed by atoms with Gasteiger partial charge in [0.1, 0.15) is 11.9 Å². The Bertz CT molecular complexity index is 314. The van der Waals surface area contributed by atoms with Crippen LogP contribution in [0.1, 0.15) is 12.5 Å². The molecule has 1 aromatic rings. The van der Waals surface area contributed by atoms with Crippen LogP contribution in [0.25, 0.3) is 0 Å². The van der Waals surface area contributed by atoms with E-state index in [1.54, 1.807) is 0 Å². The molecule has 0 bridgehead atoms. The van der Waals surface area contributed by atoms with E-state index in [4.69, 9.17) is 4.74 Å². The molecule has 0 spiro atoms. The second-order valence-corrected chi connectivity index (χ2v) is 4.23. The van der Waals surface area contributed by atoms with Gasteiger partial charge in [-0.15, -0.1) is 0 Å². The van der Waals surface area contributed by atoms with Crippen molar-refractivity contribution in [3.8, 4) is 5.75 Å². The molecule has 0 saturated carbocycles. The average molecular weight is 242 g/mol. The largest absolute Gasteiger partial charge is 0.489 e. The Morgan fingerprint density at radius 1 is 1.54 bits per heavy atom. The van der Waals surface area contributed by atoms with Crippen molar-refractivity contribution in [1.82, 2.24) is 5.32 Å². The summed E-state index contributed by atoms with van der Waals surface area (Å²) in [6.07, 6.45) is 0.246. The number of rotatable bonds is 0. The zero-order valence-corrected chi connectivity index (χ0v) is 9.10. The molecule has 1 aliphatic rings. The predicted molar refractivity (Wildman–Crippen MR) is 55.9 cm³/mol. The molecule has 3 heteroatoms. The van der Waals surface area contributed by atoms with E-state index in [9.17, 15) is 0 Å². The number of nitrogens with one attached hydrogen (secondary N) is 1.